The number of nitrogens with zero attached hydrogens (tertiary/aromatic N) is 2. The van der Waals surface area contributed by atoms with E-state index in [1.165, 1.54) is 24.4 Å². The summed E-state index contributed by atoms with van der Waals surface area (Å²) in [6.07, 6.45) is 2.56. The molecule has 1 heterocycles. The van der Waals surface area contributed by atoms with Crippen molar-refractivity contribution in [2.75, 3.05) is 13.7 Å². The molecular formula is C26H23IN2O3S. The summed E-state index contributed by atoms with van der Waals surface area (Å²) in [5.74, 6) is 0.388. The number of carbonyl (C=O) groups is 1. The number of hydrogen-bond acceptors (Lipinski definition) is 5. The first-order valence-corrected chi connectivity index (χ1v) is 12.3. The summed E-state index contributed by atoms with van der Waals surface area (Å²) in [6, 6.07) is 21.6. The van der Waals surface area contributed by atoms with Crippen molar-refractivity contribution in [1.29, 1.82) is 0 Å². The summed E-state index contributed by atoms with van der Waals surface area (Å²) < 4.78 is 5.92. The molecule has 4 rings (SSSR count). The van der Waals surface area contributed by atoms with Crippen molar-refractivity contribution in [2.24, 2.45) is 4.99 Å². The molecule has 1 aliphatic heterocycles. The molecule has 0 saturated carbocycles. The summed E-state index contributed by atoms with van der Waals surface area (Å²) >= 11 is 3.41. The second-order valence-corrected chi connectivity index (χ2v) is 9.76. The van der Waals surface area contributed by atoms with Gasteiger partial charge in [0.2, 0.25) is 0 Å². The van der Waals surface area contributed by atoms with Gasteiger partial charge in [-0.05, 0) is 89.2 Å². The van der Waals surface area contributed by atoms with Crippen LogP contribution < -0.4 is 4.74 Å². The number of aliphatic imine (C=N–C) groups is 1. The smallest absolute Gasteiger partial charge is 0.266 e. The lowest BCUT2D eigenvalue weighted by molar-refractivity contribution is -0.122. The number of hydrogen-bond donors (Lipinski definition) is 1. The fourth-order valence-electron chi connectivity index (χ4n) is 3.39. The summed E-state index contributed by atoms with van der Waals surface area (Å²) in [6.45, 7) is 2.57. The predicted octanol–water partition coefficient (Wildman–Crippen LogP) is 6.16. The SMILES string of the molecule is COc1cc(/C=C2/SC(=Nc3ccc(C)cc3)N(CCc3ccccc3)C2=O)cc(I)c1O. The van der Waals surface area contributed by atoms with Gasteiger partial charge in [-0.15, -0.1) is 0 Å². The minimum Gasteiger partial charge on any atom is -0.504 e. The highest BCUT2D eigenvalue weighted by Crippen LogP contribution is 2.37. The monoisotopic (exact) mass is 570 g/mol. The summed E-state index contributed by atoms with van der Waals surface area (Å²) in [5.41, 5.74) is 3.92. The van der Waals surface area contributed by atoms with Crippen LogP contribution in [0, 0.1) is 10.5 Å². The van der Waals surface area contributed by atoms with Gasteiger partial charge in [0.15, 0.2) is 16.7 Å². The first-order valence-electron chi connectivity index (χ1n) is 10.4. The first-order chi connectivity index (χ1) is 15.9. The molecule has 3 aromatic carbocycles. The highest BCUT2D eigenvalue weighted by molar-refractivity contribution is 14.1. The molecular weight excluding hydrogens is 547 g/mol. The van der Waals surface area contributed by atoms with Crippen LogP contribution in [0.5, 0.6) is 11.5 Å². The fraction of sp³-hybridized carbons (Fsp3) is 0.154. The number of carbonyl (C=O) groups excluding carboxylic acids is 1. The van der Waals surface area contributed by atoms with Crippen molar-refractivity contribution >= 4 is 57.2 Å². The molecule has 5 nitrogen and oxygen atoms in total. The van der Waals surface area contributed by atoms with Crippen molar-refractivity contribution in [1.82, 2.24) is 4.90 Å². The number of benzene rings is 3. The third kappa shape index (κ3) is 5.59. The van der Waals surface area contributed by atoms with Crippen LogP contribution in [0.3, 0.4) is 0 Å². The number of amidine groups is 1. The standard InChI is InChI=1S/C26H23IN2O3S/c1-17-8-10-20(11-9-17)28-26-29(13-12-18-6-4-3-5-7-18)25(31)23(33-26)16-19-14-21(27)24(30)22(15-19)32-2/h3-11,14-16,30H,12-13H2,1-2H3/b23-16+,28-26?. The molecule has 0 unspecified atom stereocenters. The second kappa shape index (κ2) is 10.4. The van der Waals surface area contributed by atoms with E-state index in [2.05, 4.69) is 34.7 Å². The van der Waals surface area contributed by atoms with Gasteiger partial charge < -0.3 is 9.84 Å². The molecule has 33 heavy (non-hydrogen) atoms. The van der Waals surface area contributed by atoms with Gasteiger partial charge in [-0.3, -0.25) is 9.69 Å². The topological polar surface area (TPSA) is 62.1 Å². The second-order valence-electron chi connectivity index (χ2n) is 7.59. The van der Waals surface area contributed by atoms with Crippen LogP contribution in [0.25, 0.3) is 6.08 Å². The Kier molecular flexibility index (Phi) is 7.39. The molecule has 0 spiro atoms. The van der Waals surface area contributed by atoms with E-state index in [9.17, 15) is 9.90 Å². The Balaban J connectivity index is 1.67. The Morgan fingerprint density at radius 2 is 1.85 bits per heavy atom. The number of ether oxygens (including phenoxy) is 1. The molecule has 1 N–H and O–H groups in total. The minimum absolute atomic E-state index is 0.0798. The summed E-state index contributed by atoms with van der Waals surface area (Å²) in [4.78, 5) is 20.5. The molecule has 168 valence electrons. The average Bonchev–Trinajstić information content (AvgIpc) is 3.10. The summed E-state index contributed by atoms with van der Waals surface area (Å²) in [7, 11) is 1.51. The Morgan fingerprint density at radius 3 is 2.55 bits per heavy atom. The zero-order chi connectivity index (χ0) is 23.4. The largest absolute Gasteiger partial charge is 0.504 e. The number of thioether (sulfide) groups is 1. The van der Waals surface area contributed by atoms with Crippen LogP contribution in [-0.4, -0.2) is 34.7 Å². The zero-order valence-corrected chi connectivity index (χ0v) is 21.3. The van der Waals surface area contributed by atoms with Crippen LogP contribution in [-0.2, 0) is 11.2 Å². The molecule has 1 aliphatic rings. The predicted molar refractivity (Wildman–Crippen MR) is 143 cm³/mol. The zero-order valence-electron chi connectivity index (χ0n) is 18.3. The summed E-state index contributed by atoms with van der Waals surface area (Å²) in [5, 5.41) is 10.8. The van der Waals surface area contributed by atoms with E-state index in [0.29, 0.717) is 25.9 Å². The Morgan fingerprint density at radius 1 is 1.12 bits per heavy atom. The van der Waals surface area contributed by atoms with Gasteiger partial charge in [0.05, 0.1) is 21.3 Å². The quantitative estimate of drug-likeness (QED) is 0.285. The van der Waals surface area contributed by atoms with Crippen LogP contribution in [0.4, 0.5) is 5.69 Å². The van der Waals surface area contributed by atoms with Crippen molar-refractivity contribution in [3.05, 3.63) is 91.9 Å². The van der Waals surface area contributed by atoms with Crippen molar-refractivity contribution in [3.8, 4) is 11.5 Å². The number of aryl methyl sites for hydroxylation is 1. The molecule has 7 heteroatoms. The van der Waals surface area contributed by atoms with E-state index in [1.54, 1.807) is 11.0 Å². The Labute approximate surface area is 211 Å². The van der Waals surface area contributed by atoms with Gasteiger partial charge in [-0.1, -0.05) is 48.0 Å². The lowest BCUT2D eigenvalue weighted by Gasteiger charge is -2.15. The number of aromatic hydroxyl groups is 1. The van der Waals surface area contributed by atoms with Gasteiger partial charge in [0.25, 0.3) is 5.91 Å². The van der Waals surface area contributed by atoms with E-state index < -0.39 is 0 Å². The number of rotatable bonds is 6. The van der Waals surface area contributed by atoms with Crippen LogP contribution in [0.15, 0.2) is 76.6 Å². The van der Waals surface area contributed by atoms with E-state index in [0.717, 1.165) is 23.2 Å². The molecule has 0 aromatic heterocycles. The number of halogens is 1. The van der Waals surface area contributed by atoms with Crippen molar-refractivity contribution in [2.45, 2.75) is 13.3 Å². The maximum atomic E-state index is 13.4. The first kappa shape index (κ1) is 23.4. The average molecular weight is 570 g/mol. The minimum atomic E-state index is -0.0798. The van der Waals surface area contributed by atoms with Crippen LogP contribution >= 0.6 is 34.4 Å². The van der Waals surface area contributed by atoms with Gasteiger partial charge in [0, 0.05) is 6.54 Å². The van der Waals surface area contributed by atoms with E-state index in [-0.39, 0.29) is 11.7 Å². The van der Waals surface area contributed by atoms with Crippen LogP contribution in [0.2, 0.25) is 0 Å². The highest BCUT2D eigenvalue weighted by Gasteiger charge is 2.33. The maximum Gasteiger partial charge on any atom is 0.266 e. The normalized spacial score (nSPS) is 16.1. The number of phenols is 1. The highest BCUT2D eigenvalue weighted by atomic mass is 127. The maximum absolute atomic E-state index is 13.4. The Hall–Kier alpha value is -2.78. The van der Waals surface area contributed by atoms with Crippen LogP contribution in [0.1, 0.15) is 16.7 Å². The molecule has 0 aliphatic carbocycles. The lowest BCUT2D eigenvalue weighted by Crippen LogP contribution is -2.31. The van der Waals surface area contributed by atoms with Gasteiger partial charge >= 0.3 is 0 Å². The molecule has 0 bridgehead atoms. The van der Waals surface area contributed by atoms with Gasteiger partial charge in [-0.25, -0.2) is 4.99 Å². The molecule has 1 saturated heterocycles. The fourth-order valence-corrected chi connectivity index (χ4v) is 5.04. The third-order valence-electron chi connectivity index (χ3n) is 5.18. The molecule has 0 radical (unpaired) electrons. The number of phenolic OH excluding ortho intramolecular Hbond substituents is 1. The molecule has 0 atom stereocenters. The molecule has 1 fully saturated rings. The van der Waals surface area contributed by atoms with E-state index in [4.69, 9.17) is 9.73 Å². The van der Waals surface area contributed by atoms with E-state index in [1.807, 2.05) is 61.5 Å². The molecule has 3 aromatic rings. The van der Waals surface area contributed by atoms with Crippen molar-refractivity contribution in [3.63, 3.8) is 0 Å². The van der Waals surface area contributed by atoms with E-state index >= 15 is 0 Å². The van der Waals surface area contributed by atoms with Crippen molar-refractivity contribution < 1.29 is 14.6 Å². The number of methoxy groups -OCH3 is 1. The van der Waals surface area contributed by atoms with Gasteiger partial charge in [0.1, 0.15) is 0 Å². The Bertz CT molecular complexity index is 1220. The number of amides is 1. The molecule has 1 amide bonds. The lowest BCUT2D eigenvalue weighted by atomic mass is 10.1. The third-order valence-corrected chi connectivity index (χ3v) is 7.01. The van der Waals surface area contributed by atoms with Gasteiger partial charge in [-0.2, -0.15) is 0 Å².